The van der Waals surface area contributed by atoms with Crippen molar-refractivity contribution in [3.8, 4) is 6.07 Å². The van der Waals surface area contributed by atoms with Gasteiger partial charge in [-0.15, -0.1) is 0 Å². The quantitative estimate of drug-likeness (QED) is 0.478. The molecule has 0 aromatic rings. The Morgan fingerprint density at radius 3 is 2.36 bits per heavy atom. The van der Waals surface area contributed by atoms with Crippen LogP contribution in [0.2, 0.25) is 0 Å². The summed E-state index contributed by atoms with van der Waals surface area (Å²) < 4.78 is 0. The molecule has 3 fully saturated rings. The van der Waals surface area contributed by atoms with Gasteiger partial charge in [-0.2, -0.15) is 5.26 Å². The van der Waals surface area contributed by atoms with Gasteiger partial charge in [0.05, 0.1) is 5.57 Å². The highest BCUT2D eigenvalue weighted by Crippen LogP contribution is 2.72. The first kappa shape index (κ1) is 25.2. The van der Waals surface area contributed by atoms with Crippen molar-refractivity contribution >= 4 is 17.7 Å². The average molecular weight is 493 g/mol. The standard InChI is InChI=1S/C30H40N2O4/c1-17-19-7-8-28(5)22(27(19,4)14-18(16-31)24(17)34)13-21(33)23-20-15-26(2,3)9-11-30(20,32-25(35)36)12-10-29(23,28)6/h13-14,17,19-20,23,32H,7-12,15H2,1-6H3,(H,35,36)/t17-,19-,20?,23?,27-,28+,29+,30-/m0/s1. The Hall–Kier alpha value is -2.42. The topological polar surface area (TPSA) is 107 Å². The first-order valence-corrected chi connectivity index (χ1v) is 13.6. The summed E-state index contributed by atoms with van der Waals surface area (Å²) >= 11 is 0. The first-order chi connectivity index (χ1) is 16.6. The largest absolute Gasteiger partial charge is 0.465 e. The lowest BCUT2D eigenvalue weighted by atomic mass is 9.36. The predicted octanol–water partition coefficient (Wildman–Crippen LogP) is 5.84. The Balaban J connectivity index is 1.68. The van der Waals surface area contributed by atoms with E-state index in [9.17, 15) is 24.8 Å². The minimum Gasteiger partial charge on any atom is -0.465 e. The Kier molecular flexibility index (Phi) is 5.30. The van der Waals surface area contributed by atoms with Crippen molar-refractivity contribution in [2.24, 2.45) is 45.3 Å². The molecule has 2 unspecified atom stereocenters. The molecule has 8 atom stereocenters. The van der Waals surface area contributed by atoms with Gasteiger partial charge in [-0.1, -0.05) is 53.2 Å². The molecular formula is C30H40N2O4. The van der Waals surface area contributed by atoms with Crippen LogP contribution in [-0.4, -0.2) is 28.3 Å². The van der Waals surface area contributed by atoms with E-state index in [0.717, 1.165) is 50.5 Å². The minimum absolute atomic E-state index is 0.0466. The van der Waals surface area contributed by atoms with E-state index >= 15 is 0 Å². The summed E-state index contributed by atoms with van der Waals surface area (Å²) in [6, 6.07) is 2.13. The van der Waals surface area contributed by atoms with Crippen molar-refractivity contribution in [1.82, 2.24) is 5.32 Å². The number of hydrogen-bond acceptors (Lipinski definition) is 4. The highest BCUT2D eigenvalue weighted by molar-refractivity contribution is 6.02. The van der Waals surface area contributed by atoms with Gasteiger partial charge in [-0.25, -0.2) is 4.79 Å². The molecule has 3 saturated carbocycles. The molecule has 0 aromatic carbocycles. The van der Waals surface area contributed by atoms with Crippen molar-refractivity contribution in [3.63, 3.8) is 0 Å². The molecule has 0 aliphatic heterocycles. The molecule has 0 spiro atoms. The van der Waals surface area contributed by atoms with E-state index in [4.69, 9.17) is 0 Å². The van der Waals surface area contributed by atoms with Gasteiger partial charge in [0.25, 0.3) is 0 Å². The maximum atomic E-state index is 14.2. The third-order valence-electron chi connectivity index (χ3n) is 11.9. The van der Waals surface area contributed by atoms with Crippen LogP contribution in [0.5, 0.6) is 0 Å². The Morgan fingerprint density at radius 2 is 1.72 bits per heavy atom. The number of carbonyl (C=O) groups excluding carboxylic acids is 2. The van der Waals surface area contributed by atoms with E-state index in [1.807, 2.05) is 19.1 Å². The minimum atomic E-state index is -1.00. The van der Waals surface area contributed by atoms with E-state index in [1.54, 1.807) is 0 Å². The summed E-state index contributed by atoms with van der Waals surface area (Å²) in [5.74, 6) is -0.475. The lowest BCUT2D eigenvalue weighted by molar-refractivity contribution is -0.158. The van der Waals surface area contributed by atoms with E-state index in [0.29, 0.717) is 0 Å². The number of nitrogens with one attached hydrogen (secondary N) is 1. The van der Waals surface area contributed by atoms with Crippen LogP contribution in [0.15, 0.2) is 23.3 Å². The molecule has 5 aliphatic carbocycles. The number of hydrogen-bond donors (Lipinski definition) is 2. The molecule has 6 heteroatoms. The fourth-order valence-corrected chi connectivity index (χ4v) is 9.68. The number of amides is 1. The number of nitrogens with zero attached hydrogens (tertiary/aromatic N) is 1. The van der Waals surface area contributed by atoms with Gasteiger partial charge in [0.1, 0.15) is 6.07 Å². The second-order valence-electron chi connectivity index (χ2n) is 14.0. The third kappa shape index (κ3) is 3.10. The zero-order valence-electron chi connectivity index (χ0n) is 22.5. The first-order valence-electron chi connectivity index (χ1n) is 13.6. The number of Topliss-reactive ketones (excluding diaryl/α,β-unsaturated/α-hetero) is 1. The zero-order chi connectivity index (χ0) is 26.5. The molecule has 0 saturated heterocycles. The molecule has 0 bridgehead atoms. The van der Waals surface area contributed by atoms with Crippen LogP contribution in [0.1, 0.15) is 86.5 Å². The summed E-state index contributed by atoms with van der Waals surface area (Å²) in [5.41, 5.74) is -0.340. The summed E-state index contributed by atoms with van der Waals surface area (Å²) in [5, 5.41) is 22.4. The number of carboxylic acid groups (broad SMARTS) is 1. The lowest BCUT2D eigenvalue weighted by Gasteiger charge is -2.68. The van der Waals surface area contributed by atoms with Gasteiger partial charge in [-0.05, 0) is 79.1 Å². The molecule has 0 heterocycles. The zero-order valence-corrected chi connectivity index (χ0v) is 22.5. The van der Waals surface area contributed by atoms with Crippen LogP contribution in [0.25, 0.3) is 0 Å². The summed E-state index contributed by atoms with van der Waals surface area (Å²) in [7, 11) is 0. The van der Waals surface area contributed by atoms with Gasteiger partial charge >= 0.3 is 6.09 Å². The van der Waals surface area contributed by atoms with E-state index in [1.165, 1.54) is 0 Å². The third-order valence-corrected chi connectivity index (χ3v) is 11.9. The van der Waals surface area contributed by atoms with Gasteiger partial charge in [0, 0.05) is 22.8 Å². The van der Waals surface area contributed by atoms with Crippen LogP contribution in [0, 0.1) is 56.7 Å². The summed E-state index contributed by atoms with van der Waals surface area (Å²) in [4.78, 5) is 39.0. The Labute approximate surface area is 214 Å². The van der Waals surface area contributed by atoms with Crippen LogP contribution in [-0.2, 0) is 9.59 Å². The number of allylic oxidation sites excluding steroid dienone is 4. The van der Waals surface area contributed by atoms with Crippen LogP contribution in [0.4, 0.5) is 4.79 Å². The van der Waals surface area contributed by atoms with Gasteiger partial charge in [0.15, 0.2) is 11.6 Å². The predicted molar refractivity (Wildman–Crippen MR) is 136 cm³/mol. The second kappa shape index (κ2) is 7.55. The number of ketones is 2. The monoisotopic (exact) mass is 492 g/mol. The Morgan fingerprint density at radius 1 is 1.06 bits per heavy atom. The molecule has 0 radical (unpaired) electrons. The van der Waals surface area contributed by atoms with Crippen LogP contribution >= 0.6 is 0 Å². The number of carbonyl (C=O) groups is 3. The fraction of sp³-hybridized carbons (Fsp3) is 0.733. The maximum Gasteiger partial charge on any atom is 0.405 e. The molecule has 6 nitrogen and oxygen atoms in total. The van der Waals surface area contributed by atoms with Crippen molar-refractivity contribution in [2.75, 3.05) is 0 Å². The molecule has 36 heavy (non-hydrogen) atoms. The van der Waals surface area contributed by atoms with Crippen molar-refractivity contribution < 1.29 is 19.5 Å². The second-order valence-corrected chi connectivity index (χ2v) is 14.0. The molecule has 5 rings (SSSR count). The molecule has 0 aromatic heterocycles. The summed E-state index contributed by atoms with van der Waals surface area (Å²) in [6.07, 6.45) is 8.52. The molecule has 5 aliphatic rings. The molecular weight excluding hydrogens is 452 g/mol. The van der Waals surface area contributed by atoms with E-state index < -0.39 is 17.0 Å². The van der Waals surface area contributed by atoms with Crippen LogP contribution in [0.3, 0.4) is 0 Å². The van der Waals surface area contributed by atoms with Crippen molar-refractivity contribution in [1.29, 1.82) is 5.26 Å². The Bertz CT molecular complexity index is 1160. The van der Waals surface area contributed by atoms with Crippen LogP contribution < -0.4 is 5.32 Å². The highest BCUT2D eigenvalue weighted by atomic mass is 16.4. The highest BCUT2D eigenvalue weighted by Gasteiger charge is 2.69. The maximum absolute atomic E-state index is 14.2. The fourth-order valence-electron chi connectivity index (χ4n) is 9.68. The van der Waals surface area contributed by atoms with Crippen molar-refractivity contribution in [3.05, 3.63) is 23.3 Å². The van der Waals surface area contributed by atoms with Gasteiger partial charge < -0.3 is 10.4 Å². The smallest absolute Gasteiger partial charge is 0.405 e. The van der Waals surface area contributed by atoms with Gasteiger partial charge in [-0.3, -0.25) is 9.59 Å². The lowest BCUT2D eigenvalue weighted by Crippen LogP contribution is -2.69. The normalized spacial score (nSPS) is 47.1. The van der Waals surface area contributed by atoms with E-state index in [-0.39, 0.29) is 57.1 Å². The van der Waals surface area contributed by atoms with E-state index in [2.05, 4.69) is 46.0 Å². The molecule has 194 valence electrons. The number of fused-ring (bicyclic) bond motifs is 7. The molecule has 1 amide bonds. The molecule has 2 N–H and O–H groups in total. The van der Waals surface area contributed by atoms with Crippen molar-refractivity contribution in [2.45, 2.75) is 92.0 Å². The number of nitriles is 1. The summed E-state index contributed by atoms with van der Waals surface area (Å²) in [6.45, 7) is 13.1. The SMILES string of the molecule is C[C@@H]1C(=O)C(C#N)=C[C@]2(C)C3=CC(=O)C4C5CC(C)(C)CC[C@]5(NC(=O)O)CC[C@@]4(C)[C@]3(C)CC[C@@H]12. The number of rotatable bonds is 1. The average Bonchev–Trinajstić information content (AvgIpc) is 2.78. The van der Waals surface area contributed by atoms with Gasteiger partial charge in [0.2, 0.25) is 0 Å².